The van der Waals surface area contributed by atoms with E-state index in [4.69, 9.17) is 4.74 Å². The summed E-state index contributed by atoms with van der Waals surface area (Å²) < 4.78 is 35.3. The van der Waals surface area contributed by atoms with Gasteiger partial charge in [0, 0.05) is 23.6 Å². The molecule has 0 saturated heterocycles. The van der Waals surface area contributed by atoms with E-state index in [9.17, 15) is 13.2 Å². The third kappa shape index (κ3) is 5.39. The van der Waals surface area contributed by atoms with Crippen LogP contribution in [0.3, 0.4) is 0 Å². The largest absolute Gasteiger partial charge is 0.495 e. The van der Waals surface area contributed by atoms with Crippen molar-refractivity contribution in [2.45, 2.75) is 11.4 Å². The van der Waals surface area contributed by atoms with E-state index in [0.717, 1.165) is 5.56 Å². The Bertz CT molecular complexity index is 1370. The molecule has 1 aromatic heterocycles. The molecule has 4 aromatic rings. The number of methoxy groups -OCH3 is 1. The van der Waals surface area contributed by atoms with Crippen molar-refractivity contribution in [2.24, 2.45) is 0 Å². The second-order valence-electron chi connectivity index (χ2n) is 7.19. The number of sulfonamides is 1. The predicted octanol–water partition coefficient (Wildman–Crippen LogP) is 3.99. The van der Waals surface area contributed by atoms with Gasteiger partial charge in [-0.05, 0) is 54.1 Å². The number of nitrogens with zero attached hydrogens (tertiary/aromatic N) is 2. The maximum Gasteiger partial charge on any atom is 0.262 e. The number of rotatable bonds is 8. The van der Waals surface area contributed by atoms with Gasteiger partial charge in [-0.3, -0.25) is 14.2 Å². The van der Waals surface area contributed by atoms with Gasteiger partial charge in [-0.1, -0.05) is 30.3 Å². The van der Waals surface area contributed by atoms with E-state index >= 15 is 0 Å². The zero-order valence-electron chi connectivity index (χ0n) is 17.8. The topological polar surface area (TPSA) is 102 Å². The van der Waals surface area contributed by atoms with Crippen LogP contribution in [0.4, 0.5) is 11.4 Å². The Morgan fingerprint density at radius 3 is 2.61 bits per heavy atom. The number of hydrogen-bond acceptors (Lipinski definition) is 5. The number of anilines is 2. The van der Waals surface area contributed by atoms with Crippen LogP contribution in [0.1, 0.15) is 15.9 Å². The quantitative estimate of drug-likeness (QED) is 0.412. The van der Waals surface area contributed by atoms with Crippen LogP contribution in [0.15, 0.2) is 96.2 Å². The second-order valence-corrected chi connectivity index (χ2v) is 8.87. The number of aromatic nitrogens is 2. The molecule has 4 rings (SSSR count). The Morgan fingerprint density at radius 1 is 1.00 bits per heavy atom. The van der Waals surface area contributed by atoms with E-state index in [0.29, 0.717) is 23.7 Å². The molecule has 1 heterocycles. The normalized spacial score (nSPS) is 11.1. The molecular formula is C24H22N4O4S. The van der Waals surface area contributed by atoms with Gasteiger partial charge in [-0.2, -0.15) is 5.10 Å². The number of nitrogens with one attached hydrogen (secondary N) is 2. The smallest absolute Gasteiger partial charge is 0.262 e. The fourth-order valence-corrected chi connectivity index (χ4v) is 4.38. The minimum Gasteiger partial charge on any atom is -0.495 e. The number of para-hydroxylation sites is 2. The number of carbonyl (C=O) groups is 1. The van der Waals surface area contributed by atoms with Crippen LogP contribution < -0.4 is 14.8 Å². The summed E-state index contributed by atoms with van der Waals surface area (Å²) in [4.78, 5) is 12.8. The minimum absolute atomic E-state index is 0.0338. The molecule has 0 unspecified atom stereocenters. The van der Waals surface area contributed by atoms with Crippen LogP contribution in [0.2, 0.25) is 0 Å². The van der Waals surface area contributed by atoms with Crippen molar-refractivity contribution in [3.63, 3.8) is 0 Å². The first-order chi connectivity index (χ1) is 15.9. The SMILES string of the molecule is COc1ccccc1NS(=O)(=O)c1cccc(C(=O)Nc2cccc(Cn3cccn3)c2)c1. The third-order valence-electron chi connectivity index (χ3n) is 4.85. The summed E-state index contributed by atoms with van der Waals surface area (Å²) >= 11 is 0. The Labute approximate surface area is 191 Å². The van der Waals surface area contributed by atoms with E-state index < -0.39 is 15.9 Å². The van der Waals surface area contributed by atoms with E-state index in [1.807, 2.05) is 30.5 Å². The van der Waals surface area contributed by atoms with Crippen molar-refractivity contribution in [2.75, 3.05) is 17.1 Å². The molecular weight excluding hydrogens is 440 g/mol. The highest BCUT2D eigenvalue weighted by atomic mass is 32.2. The standard InChI is InChI=1S/C24H22N4O4S/c1-32-23-12-3-2-11-22(23)27-33(30,31)21-10-5-8-19(16-21)24(29)26-20-9-4-7-18(15-20)17-28-14-6-13-25-28/h2-16,27H,17H2,1H3,(H,26,29). The van der Waals surface area contributed by atoms with E-state index in [-0.39, 0.29) is 10.5 Å². The van der Waals surface area contributed by atoms with Crippen molar-refractivity contribution >= 4 is 27.3 Å². The molecule has 3 aromatic carbocycles. The molecule has 8 nitrogen and oxygen atoms in total. The average Bonchev–Trinajstić information content (AvgIpc) is 3.32. The fourth-order valence-electron chi connectivity index (χ4n) is 3.27. The van der Waals surface area contributed by atoms with Crippen LogP contribution >= 0.6 is 0 Å². The lowest BCUT2D eigenvalue weighted by atomic mass is 10.1. The molecule has 0 aliphatic carbocycles. The van der Waals surface area contributed by atoms with Gasteiger partial charge in [0.2, 0.25) is 0 Å². The molecule has 9 heteroatoms. The molecule has 0 aliphatic rings. The Hall–Kier alpha value is -4.11. The second kappa shape index (κ2) is 9.58. The Kier molecular flexibility index (Phi) is 6.41. The van der Waals surface area contributed by atoms with Crippen molar-refractivity contribution in [3.8, 4) is 5.75 Å². The number of carbonyl (C=O) groups excluding carboxylic acids is 1. The van der Waals surface area contributed by atoms with E-state index in [1.54, 1.807) is 47.3 Å². The lowest BCUT2D eigenvalue weighted by molar-refractivity contribution is 0.102. The van der Waals surface area contributed by atoms with Crippen molar-refractivity contribution in [3.05, 3.63) is 102 Å². The maximum atomic E-state index is 12.9. The molecule has 1 amide bonds. The number of hydrogen-bond donors (Lipinski definition) is 2. The summed E-state index contributed by atoms with van der Waals surface area (Å²) in [6.45, 7) is 0.569. The molecule has 0 spiro atoms. The summed E-state index contributed by atoms with van der Waals surface area (Å²) in [5.41, 5.74) is 2.10. The van der Waals surface area contributed by atoms with Crippen LogP contribution in [-0.2, 0) is 16.6 Å². The highest BCUT2D eigenvalue weighted by Gasteiger charge is 2.18. The van der Waals surface area contributed by atoms with Crippen molar-refractivity contribution in [1.29, 1.82) is 0 Å². The van der Waals surface area contributed by atoms with E-state index in [1.165, 1.54) is 25.3 Å². The first-order valence-corrected chi connectivity index (χ1v) is 11.6. The Balaban J connectivity index is 1.51. The van der Waals surface area contributed by atoms with Crippen LogP contribution in [0.25, 0.3) is 0 Å². The van der Waals surface area contributed by atoms with Crippen LogP contribution in [0.5, 0.6) is 5.75 Å². The van der Waals surface area contributed by atoms with Gasteiger partial charge in [0.25, 0.3) is 15.9 Å². The van der Waals surface area contributed by atoms with Crippen LogP contribution in [0, 0.1) is 0 Å². The summed E-state index contributed by atoms with van der Waals surface area (Å²) in [6, 6.07) is 21.8. The summed E-state index contributed by atoms with van der Waals surface area (Å²) in [7, 11) is -2.47. The maximum absolute atomic E-state index is 12.9. The molecule has 2 N–H and O–H groups in total. The monoisotopic (exact) mass is 462 g/mol. The van der Waals surface area contributed by atoms with Gasteiger partial charge in [-0.15, -0.1) is 0 Å². The first-order valence-electron chi connectivity index (χ1n) is 10.1. The zero-order valence-corrected chi connectivity index (χ0v) is 18.6. The van der Waals surface area contributed by atoms with Gasteiger partial charge in [0.15, 0.2) is 0 Å². The van der Waals surface area contributed by atoms with Crippen molar-refractivity contribution in [1.82, 2.24) is 9.78 Å². The average molecular weight is 463 g/mol. The van der Waals surface area contributed by atoms with E-state index in [2.05, 4.69) is 15.1 Å². The Morgan fingerprint density at radius 2 is 1.82 bits per heavy atom. The molecule has 33 heavy (non-hydrogen) atoms. The first kappa shape index (κ1) is 22.1. The number of ether oxygens (including phenoxy) is 1. The van der Waals surface area contributed by atoms with Gasteiger partial charge in [0.05, 0.1) is 24.2 Å². The summed E-state index contributed by atoms with van der Waals surface area (Å²) in [5, 5.41) is 7.00. The highest BCUT2D eigenvalue weighted by molar-refractivity contribution is 7.92. The molecule has 0 radical (unpaired) electrons. The number of amides is 1. The van der Waals surface area contributed by atoms with Crippen LogP contribution in [-0.4, -0.2) is 31.2 Å². The highest BCUT2D eigenvalue weighted by Crippen LogP contribution is 2.26. The minimum atomic E-state index is -3.93. The molecule has 0 aliphatic heterocycles. The molecule has 0 fully saturated rings. The molecule has 0 atom stereocenters. The predicted molar refractivity (Wildman–Crippen MR) is 126 cm³/mol. The zero-order chi connectivity index (χ0) is 23.3. The van der Waals surface area contributed by atoms with Gasteiger partial charge < -0.3 is 10.1 Å². The fraction of sp³-hybridized carbons (Fsp3) is 0.0833. The molecule has 0 bridgehead atoms. The lowest BCUT2D eigenvalue weighted by Gasteiger charge is -2.12. The van der Waals surface area contributed by atoms with Gasteiger partial charge in [-0.25, -0.2) is 8.42 Å². The van der Waals surface area contributed by atoms with Gasteiger partial charge >= 0.3 is 0 Å². The molecule has 0 saturated carbocycles. The molecule has 168 valence electrons. The van der Waals surface area contributed by atoms with Crippen molar-refractivity contribution < 1.29 is 17.9 Å². The number of benzene rings is 3. The van der Waals surface area contributed by atoms with Gasteiger partial charge in [0.1, 0.15) is 5.75 Å². The summed E-state index contributed by atoms with van der Waals surface area (Å²) in [6.07, 6.45) is 3.56. The lowest BCUT2D eigenvalue weighted by Crippen LogP contribution is -2.16. The summed E-state index contributed by atoms with van der Waals surface area (Å²) in [5.74, 6) is -0.0226. The third-order valence-corrected chi connectivity index (χ3v) is 6.21.